The molecule has 1 atom stereocenters. The summed E-state index contributed by atoms with van der Waals surface area (Å²) < 4.78 is 37.4. The van der Waals surface area contributed by atoms with Crippen molar-refractivity contribution in [3.63, 3.8) is 0 Å². The Hall–Kier alpha value is -1.30. The first-order chi connectivity index (χ1) is 8.20. The molecule has 0 radical (unpaired) electrons. The van der Waals surface area contributed by atoms with Crippen LogP contribution in [-0.2, 0) is 0 Å². The third-order valence-corrected chi connectivity index (χ3v) is 2.56. The van der Waals surface area contributed by atoms with E-state index in [2.05, 4.69) is 4.98 Å². The highest BCUT2D eigenvalue weighted by Crippen LogP contribution is 2.23. The molecule has 1 aromatic heterocycles. The van der Waals surface area contributed by atoms with E-state index < -0.39 is 12.7 Å². The number of aromatic nitrogens is 1. The van der Waals surface area contributed by atoms with E-state index in [0.29, 0.717) is 5.82 Å². The fourth-order valence-electron chi connectivity index (χ4n) is 1.56. The molecule has 0 fully saturated rings. The van der Waals surface area contributed by atoms with Crippen molar-refractivity contribution in [2.45, 2.75) is 39.0 Å². The molecule has 0 saturated heterocycles. The van der Waals surface area contributed by atoms with Gasteiger partial charge in [0.15, 0.2) is 0 Å². The Morgan fingerprint density at radius 2 is 1.89 bits per heavy atom. The van der Waals surface area contributed by atoms with Gasteiger partial charge in [0.25, 0.3) is 0 Å². The lowest BCUT2D eigenvalue weighted by Crippen LogP contribution is -2.39. The van der Waals surface area contributed by atoms with E-state index in [1.165, 1.54) is 11.1 Å². The largest absolute Gasteiger partial charge is 0.405 e. The Bertz CT molecular complexity index is 371. The van der Waals surface area contributed by atoms with Crippen molar-refractivity contribution in [2.24, 2.45) is 5.73 Å². The molecular formula is C12H18F3N3. The van der Waals surface area contributed by atoms with Gasteiger partial charge in [0.2, 0.25) is 0 Å². The molecule has 0 aliphatic rings. The summed E-state index contributed by atoms with van der Waals surface area (Å²) >= 11 is 0. The molecule has 0 aliphatic heterocycles. The normalized spacial score (nSPS) is 13.8. The SMILES string of the molecule is CC(C)N(CC(F)(F)F)c1ccc([C@H](C)N)cn1. The summed E-state index contributed by atoms with van der Waals surface area (Å²) in [6.07, 6.45) is -2.72. The summed E-state index contributed by atoms with van der Waals surface area (Å²) in [5.41, 5.74) is 6.47. The van der Waals surface area contributed by atoms with E-state index in [1.54, 1.807) is 32.9 Å². The van der Waals surface area contributed by atoms with Crippen molar-refractivity contribution in [3.8, 4) is 0 Å². The lowest BCUT2D eigenvalue weighted by molar-refractivity contribution is -0.120. The van der Waals surface area contributed by atoms with Gasteiger partial charge in [-0.25, -0.2) is 4.98 Å². The molecule has 1 aromatic rings. The van der Waals surface area contributed by atoms with E-state index >= 15 is 0 Å². The highest BCUT2D eigenvalue weighted by Gasteiger charge is 2.32. The smallest absolute Gasteiger partial charge is 0.345 e. The third-order valence-electron chi connectivity index (χ3n) is 2.56. The molecule has 1 heterocycles. The van der Waals surface area contributed by atoms with Gasteiger partial charge in [0.1, 0.15) is 12.4 Å². The fraction of sp³-hybridized carbons (Fsp3) is 0.583. The number of alkyl halides is 3. The summed E-state index contributed by atoms with van der Waals surface area (Å²) in [7, 11) is 0. The van der Waals surface area contributed by atoms with Crippen molar-refractivity contribution in [3.05, 3.63) is 23.9 Å². The van der Waals surface area contributed by atoms with E-state index in [0.717, 1.165) is 5.56 Å². The van der Waals surface area contributed by atoms with Gasteiger partial charge >= 0.3 is 6.18 Å². The Labute approximate surface area is 105 Å². The highest BCUT2D eigenvalue weighted by molar-refractivity contribution is 5.41. The zero-order valence-electron chi connectivity index (χ0n) is 10.7. The monoisotopic (exact) mass is 261 g/mol. The molecule has 0 aliphatic carbocycles. The summed E-state index contributed by atoms with van der Waals surface area (Å²) in [6.45, 7) is 4.20. The lowest BCUT2D eigenvalue weighted by atomic mass is 10.1. The summed E-state index contributed by atoms with van der Waals surface area (Å²) in [4.78, 5) is 5.26. The van der Waals surface area contributed by atoms with Crippen molar-refractivity contribution in [1.29, 1.82) is 0 Å². The zero-order chi connectivity index (χ0) is 13.9. The summed E-state index contributed by atoms with van der Waals surface area (Å²) in [5.74, 6) is 0.312. The van der Waals surface area contributed by atoms with Crippen LogP contribution >= 0.6 is 0 Å². The number of nitrogens with two attached hydrogens (primary N) is 1. The standard InChI is InChI=1S/C12H18F3N3/c1-8(2)18(7-12(13,14)15)11-5-4-10(6-17-11)9(3)16/h4-6,8-9H,7,16H2,1-3H3/t9-/m0/s1. The minimum absolute atomic E-state index is 0.179. The minimum Gasteiger partial charge on any atom is -0.345 e. The van der Waals surface area contributed by atoms with Gasteiger partial charge in [-0.15, -0.1) is 0 Å². The van der Waals surface area contributed by atoms with Crippen LogP contribution in [0.3, 0.4) is 0 Å². The Kier molecular flexibility index (Phi) is 4.56. The predicted molar refractivity (Wildman–Crippen MR) is 65.4 cm³/mol. The molecule has 0 aromatic carbocycles. The maximum atomic E-state index is 12.5. The van der Waals surface area contributed by atoms with E-state index in [1.807, 2.05) is 0 Å². The second kappa shape index (κ2) is 5.56. The molecule has 0 bridgehead atoms. The quantitative estimate of drug-likeness (QED) is 0.906. The minimum atomic E-state index is -4.24. The van der Waals surface area contributed by atoms with Crippen LogP contribution in [0.25, 0.3) is 0 Å². The molecule has 0 saturated carbocycles. The fourth-order valence-corrected chi connectivity index (χ4v) is 1.56. The van der Waals surface area contributed by atoms with Gasteiger partial charge in [-0.3, -0.25) is 0 Å². The molecule has 0 unspecified atom stereocenters. The second-order valence-corrected chi connectivity index (χ2v) is 4.58. The highest BCUT2D eigenvalue weighted by atomic mass is 19.4. The summed E-state index contributed by atoms with van der Waals surface area (Å²) in [6, 6.07) is 2.82. The number of anilines is 1. The lowest BCUT2D eigenvalue weighted by Gasteiger charge is -2.28. The van der Waals surface area contributed by atoms with E-state index in [-0.39, 0.29) is 12.1 Å². The number of rotatable bonds is 4. The van der Waals surface area contributed by atoms with Crippen LogP contribution in [0.1, 0.15) is 32.4 Å². The van der Waals surface area contributed by atoms with Crippen LogP contribution in [0.4, 0.5) is 19.0 Å². The molecule has 18 heavy (non-hydrogen) atoms. The molecule has 6 heteroatoms. The topological polar surface area (TPSA) is 42.1 Å². The Morgan fingerprint density at radius 3 is 2.22 bits per heavy atom. The number of nitrogens with zero attached hydrogens (tertiary/aromatic N) is 2. The van der Waals surface area contributed by atoms with Gasteiger partial charge in [0, 0.05) is 18.3 Å². The molecule has 0 amide bonds. The van der Waals surface area contributed by atoms with E-state index in [9.17, 15) is 13.2 Å². The van der Waals surface area contributed by atoms with Gasteiger partial charge in [-0.05, 0) is 32.4 Å². The number of hydrogen-bond donors (Lipinski definition) is 1. The number of halogens is 3. The molecule has 0 spiro atoms. The van der Waals surface area contributed by atoms with Gasteiger partial charge in [-0.1, -0.05) is 6.07 Å². The van der Waals surface area contributed by atoms with Crippen molar-refractivity contribution in [2.75, 3.05) is 11.4 Å². The van der Waals surface area contributed by atoms with E-state index in [4.69, 9.17) is 5.73 Å². The molecule has 2 N–H and O–H groups in total. The summed E-state index contributed by atoms with van der Waals surface area (Å²) in [5, 5.41) is 0. The van der Waals surface area contributed by atoms with Gasteiger partial charge in [-0.2, -0.15) is 13.2 Å². The first-order valence-electron chi connectivity index (χ1n) is 5.75. The number of hydrogen-bond acceptors (Lipinski definition) is 3. The maximum Gasteiger partial charge on any atom is 0.405 e. The Morgan fingerprint density at radius 1 is 1.28 bits per heavy atom. The van der Waals surface area contributed by atoms with Crippen molar-refractivity contribution >= 4 is 5.82 Å². The second-order valence-electron chi connectivity index (χ2n) is 4.58. The molecule has 3 nitrogen and oxygen atoms in total. The first-order valence-corrected chi connectivity index (χ1v) is 5.75. The average Bonchev–Trinajstić information content (AvgIpc) is 2.24. The van der Waals surface area contributed by atoms with Crippen LogP contribution in [0.15, 0.2) is 18.3 Å². The molecular weight excluding hydrogens is 243 g/mol. The molecule has 102 valence electrons. The van der Waals surface area contributed by atoms with Crippen LogP contribution in [0.5, 0.6) is 0 Å². The first kappa shape index (κ1) is 14.8. The van der Waals surface area contributed by atoms with Crippen LogP contribution < -0.4 is 10.6 Å². The van der Waals surface area contributed by atoms with Crippen LogP contribution in [0.2, 0.25) is 0 Å². The Balaban J connectivity index is 2.93. The zero-order valence-corrected chi connectivity index (χ0v) is 10.7. The third kappa shape index (κ3) is 4.18. The average molecular weight is 261 g/mol. The van der Waals surface area contributed by atoms with Gasteiger partial charge in [0.05, 0.1) is 0 Å². The predicted octanol–water partition coefficient (Wildman–Crippen LogP) is 2.88. The van der Waals surface area contributed by atoms with Gasteiger partial charge < -0.3 is 10.6 Å². The van der Waals surface area contributed by atoms with Crippen LogP contribution in [0, 0.1) is 0 Å². The van der Waals surface area contributed by atoms with Crippen LogP contribution in [-0.4, -0.2) is 23.7 Å². The van der Waals surface area contributed by atoms with Crippen molar-refractivity contribution < 1.29 is 13.2 Å². The maximum absolute atomic E-state index is 12.5. The van der Waals surface area contributed by atoms with Crippen molar-refractivity contribution in [1.82, 2.24) is 4.98 Å². The molecule has 1 rings (SSSR count). The number of pyridine rings is 1.